The van der Waals surface area contributed by atoms with Crippen LogP contribution in [0.1, 0.15) is 26.7 Å². The Morgan fingerprint density at radius 1 is 0.833 bits per heavy atom. The second kappa shape index (κ2) is 16.0. The molecule has 0 rings (SSSR count). The predicted molar refractivity (Wildman–Crippen MR) is 37.7 cm³/mol. The van der Waals surface area contributed by atoms with Crippen LogP contribution >= 0.6 is 0 Å². The summed E-state index contributed by atoms with van der Waals surface area (Å²) in [6.45, 7) is 4.36. The molecular weight excluding hydrogens is 285 g/mol. The van der Waals surface area contributed by atoms with Crippen LogP contribution in [0.2, 0.25) is 0 Å². The van der Waals surface area contributed by atoms with Gasteiger partial charge in [-0.15, -0.1) is 0 Å². The molecule has 0 N–H and O–H groups in total. The average molecular weight is 300 g/mol. The first-order valence-corrected chi connectivity index (χ1v) is 1.91. The summed E-state index contributed by atoms with van der Waals surface area (Å²) in [6, 6.07) is 0. The van der Waals surface area contributed by atoms with Crippen molar-refractivity contribution in [1.29, 1.82) is 0 Å². The summed E-state index contributed by atoms with van der Waals surface area (Å²) < 4.78 is 0. The quantitative estimate of drug-likeness (QED) is 0.597. The first kappa shape index (κ1) is 15.6. The molecule has 0 fully saturated rings. The van der Waals surface area contributed by atoms with E-state index < -0.39 is 0 Å². The summed E-state index contributed by atoms with van der Waals surface area (Å²) in [5.41, 5.74) is 0. The minimum absolute atomic E-state index is 0. The third kappa shape index (κ3) is 17.5. The van der Waals surface area contributed by atoms with Crippen molar-refractivity contribution in [2.24, 2.45) is 0 Å². The molecule has 38 valence electrons. The fraction of sp³-hybridized carbons (Fsp3) is 1.00. The van der Waals surface area contributed by atoms with Crippen LogP contribution in [0.3, 0.4) is 0 Å². The zero-order valence-electron chi connectivity index (χ0n) is 4.83. The normalized spacial score (nSPS) is 5.00. The Labute approximate surface area is 74.0 Å². The van der Waals surface area contributed by atoms with Crippen molar-refractivity contribution in [2.45, 2.75) is 26.7 Å². The van der Waals surface area contributed by atoms with Gasteiger partial charge in [0.2, 0.25) is 0 Å². The molecule has 6 heavy (non-hydrogen) atoms. The van der Waals surface area contributed by atoms with E-state index in [0.717, 1.165) is 0 Å². The van der Waals surface area contributed by atoms with Crippen LogP contribution in [0.25, 0.3) is 0 Å². The third-order valence-corrected chi connectivity index (χ3v) is 0.500. The number of rotatable bonds is 1. The van der Waals surface area contributed by atoms with Gasteiger partial charge < -0.3 is 0 Å². The first-order chi connectivity index (χ1) is 1.91. The molecule has 2 heteroatoms. The standard InChI is InChI=1S/C4H10.2Sn.4H/c1-3-4-2;;;;;;/h3-4H2,1-2H3;;;;;;. The Balaban J connectivity index is -0.0000000450. The van der Waals surface area contributed by atoms with E-state index in [4.69, 9.17) is 0 Å². The van der Waals surface area contributed by atoms with Gasteiger partial charge in [-0.05, 0) is 0 Å². The molecule has 0 amide bonds. The predicted octanol–water partition coefficient (Wildman–Crippen LogP) is -0.0260. The molecular formula is C4H14Sn2. The van der Waals surface area contributed by atoms with Crippen LogP contribution in [0.4, 0.5) is 0 Å². The van der Waals surface area contributed by atoms with Crippen molar-refractivity contribution >= 4 is 47.8 Å². The van der Waals surface area contributed by atoms with Crippen LogP contribution in [0, 0.1) is 0 Å². The molecule has 0 aromatic carbocycles. The van der Waals surface area contributed by atoms with Crippen LogP contribution in [-0.2, 0) is 0 Å². The third-order valence-electron chi connectivity index (χ3n) is 0.500. The second-order valence-electron chi connectivity index (χ2n) is 1.000. The molecule has 0 bridgehead atoms. The molecule has 0 aromatic heterocycles. The first-order valence-electron chi connectivity index (χ1n) is 1.91. The average Bonchev–Trinajstić information content (AvgIpc) is 1.37. The van der Waals surface area contributed by atoms with Crippen LogP contribution in [0.15, 0.2) is 0 Å². The van der Waals surface area contributed by atoms with Crippen LogP contribution in [0.5, 0.6) is 0 Å². The van der Waals surface area contributed by atoms with Crippen molar-refractivity contribution in [1.82, 2.24) is 0 Å². The van der Waals surface area contributed by atoms with Gasteiger partial charge in [-0.1, -0.05) is 26.7 Å². The van der Waals surface area contributed by atoms with Crippen molar-refractivity contribution in [2.75, 3.05) is 0 Å². The van der Waals surface area contributed by atoms with Gasteiger partial charge in [-0.25, -0.2) is 0 Å². The van der Waals surface area contributed by atoms with E-state index in [1.807, 2.05) is 0 Å². The van der Waals surface area contributed by atoms with E-state index in [1.54, 1.807) is 0 Å². The van der Waals surface area contributed by atoms with E-state index in [0.29, 0.717) is 0 Å². The van der Waals surface area contributed by atoms with Crippen molar-refractivity contribution in [3.8, 4) is 0 Å². The molecule has 0 saturated carbocycles. The fourth-order valence-corrected chi connectivity index (χ4v) is 0. The maximum absolute atomic E-state index is 2.18. The van der Waals surface area contributed by atoms with Gasteiger partial charge in [0.05, 0.1) is 0 Å². The number of unbranched alkanes of at least 4 members (excludes halogenated alkanes) is 1. The maximum atomic E-state index is 2.18. The molecule has 0 aliphatic carbocycles. The number of hydrogen-bond acceptors (Lipinski definition) is 0. The Morgan fingerprint density at radius 2 is 1.00 bits per heavy atom. The summed E-state index contributed by atoms with van der Waals surface area (Å²) >= 11 is 0. The summed E-state index contributed by atoms with van der Waals surface area (Å²) in [5.74, 6) is 0. The zero-order chi connectivity index (χ0) is 3.41. The van der Waals surface area contributed by atoms with Crippen LogP contribution < -0.4 is 0 Å². The molecule has 0 aromatic rings. The van der Waals surface area contributed by atoms with Crippen LogP contribution in [-0.4, -0.2) is 47.8 Å². The molecule has 0 spiro atoms. The molecule has 0 unspecified atom stereocenters. The minimum atomic E-state index is 0. The van der Waals surface area contributed by atoms with Crippen molar-refractivity contribution < 1.29 is 0 Å². The molecule has 0 heterocycles. The van der Waals surface area contributed by atoms with Gasteiger partial charge in [-0.2, -0.15) is 0 Å². The van der Waals surface area contributed by atoms with Gasteiger partial charge in [0.1, 0.15) is 0 Å². The Bertz CT molecular complexity index is 7.51. The summed E-state index contributed by atoms with van der Waals surface area (Å²) in [7, 11) is 0. The summed E-state index contributed by atoms with van der Waals surface area (Å²) in [6.07, 6.45) is 2.64. The van der Waals surface area contributed by atoms with Crippen molar-refractivity contribution in [3.63, 3.8) is 0 Å². The van der Waals surface area contributed by atoms with Gasteiger partial charge >= 0.3 is 47.8 Å². The van der Waals surface area contributed by atoms with Gasteiger partial charge in [-0.3, -0.25) is 0 Å². The zero-order valence-corrected chi connectivity index (χ0v) is 12.9. The summed E-state index contributed by atoms with van der Waals surface area (Å²) in [5, 5.41) is 0. The SMILES string of the molecule is CCCC.[SnH2].[SnH2]. The van der Waals surface area contributed by atoms with E-state index in [9.17, 15) is 0 Å². The summed E-state index contributed by atoms with van der Waals surface area (Å²) in [4.78, 5) is 0. The molecule has 0 aliphatic heterocycles. The molecule has 0 saturated heterocycles. The number of hydrogen-bond donors (Lipinski definition) is 0. The second-order valence-corrected chi connectivity index (χ2v) is 1.000. The van der Waals surface area contributed by atoms with Gasteiger partial charge in [0.15, 0.2) is 0 Å². The van der Waals surface area contributed by atoms with E-state index in [1.165, 1.54) is 12.8 Å². The van der Waals surface area contributed by atoms with Gasteiger partial charge in [0, 0.05) is 0 Å². The fourth-order valence-electron chi connectivity index (χ4n) is 0. The monoisotopic (exact) mass is 302 g/mol. The Morgan fingerprint density at radius 3 is 1.00 bits per heavy atom. The molecule has 4 radical (unpaired) electrons. The van der Waals surface area contributed by atoms with E-state index >= 15 is 0 Å². The van der Waals surface area contributed by atoms with Gasteiger partial charge in [0.25, 0.3) is 0 Å². The Hall–Kier alpha value is 1.60. The molecule has 0 nitrogen and oxygen atoms in total. The topological polar surface area (TPSA) is 0 Å². The Kier molecular flexibility index (Phi) is 41.6. The molecule has 0 atom stereocenters. The van der Waals surface area contributed by atoms with Crippen molar-refractivity contribution in [3.05, 3.63) is 0 Å². The molecule has 0 aliphatic rings. The van der Waals surface area contributed by atoms with E-state index in [2.05, 4.69) is 13.8 Å². The van der Waals surface area contributed by atoms with E-state index in [-0.39, 0.29) is 47.8 Å².